The van der Waals surface area contributed by atoms with Gasteiger partial charge in [-0.1, -0.05) is 57.2 Å². The van der Waals surface area contributed by atoms with Crippen LogP contribution in [0.5, 0.6) is 0 Å². The molecule has 9 heteroatoms. The van der Waals surface area contributed by atoms with E-state index in [4.69, 9.17) is 5.73 Å². The smallest absolute Gasteiger partial charge is 0.416 e. The highest BCUT2D eigenvalue weighted by molar-refractivity contribution is 5.99. The number of carboxylic acid groups (broad SMARTS) is 1. The second-order valence-corrected chi connectivity index (χ2v) is 10.9. The maximum absolute atomic E-state index is 14.0. The summed E-state index contributed by atoms with van der Waals surface area (Å²) in [7, 11) is 0. The van der Waals surface area contributed by atoms with E-state index < -0.39 is 40.5 Å². The van der Waals surface area contributed by atoms with Gasteiger partial charge in [0.25, 0.3) is 0 Å². The predicted molar refractivity (Wildman–Crippen MR) is 140 cm³/mol. The largest absolute Gasteiger partial charge is 0.478 e. The number of carbonyl (C=O) groups is 2. The van der Waals surface area contributed by atoms with E-state index in [9.17, 15) is 32.3 Å². The minimum absolute atomic E-state index is 0.0104. The summed E-state index contributed by atoms with van der Waals surface area (Å²) in [5.74, 6) is -2.94. The zero-order valence-corrected chi connectivity index (χ0v) is 21.9. The molecular formula is C30H30F4N2O3. The molecule has 3 aromatic carbocycles. The summed E-state index contributed by atoms with van der Waals surface area (Å²) in [4.78, 5) is 27.3. The summed E-state index contributed by atoms with van der Waals surface area (Å²) in [6.07, 6.45) is -4.23. The van der Waals surface area contributed by atoms with E-state index >= 15 is 0 Å². The third-order valence-electron chi connectivity index (χ3n) is 7.31. The molecule has 3 aromatic rings. The fourth-order valence-electron chi connectivity index (χ4n) is 5.31. The number of aromatic carboxylic acids is 1. The van der Waals surface area contributed by atoms with E-state index in [0.29, 0.717) is 23.6 Å². The topological polar surface area (TPSA) is 83.6 Å². The first-order valence-electron chi connectivity index (χ1n) is 12.5. The first-order chi connectivity index (χ1) is 18.1. The highest BCUT2D eigenvalue weighted by atomic mass is 19.4. The van der Waals surface area contributed by atoms with Crippen LogP contribution in [0.3, 0.4) is 0 Å². The lowest BCUT2D eigenvalue weighted by Crippen LogP contribution is -2.58. The fraction of sp³-hybridized carbons (Fsp3) is 0.333. The van der Waals surface area contributed by atoms with Crippen LogP contribution in [0.15, 0.2) is 60.7 Å². The molecule has 0 saturated heterocycles. The molecule has 1 amide bonds. The number of nitrogens with zero attached hydrogens (tertiary/aromatic N) is 1. The van der Waals surface area contributed by atoms with Gasteiger partial charge in [-0.3, -0.25) is 4.79 Å². The molecule has 39 heavy (non-hydrogen) atoms. The first-order valence-corrected chi connectivity index (χ1v) is 12.5. The van der Waals surface area contributed by atoms with Crippen LogP contribution in [0.2, 0.25) is 0 Å². The first kappa shape index (κ1) is 28.1. The van der Waals surface area contributed by atoms with Gasteiger partial charge in [-0.25, -0.2) is 9.18 Å². The molecule has 0 saturated carbocycles. The highest BCUT2D eigenvalue weighted by Crippen LogP contribution is 2.45. The van der Waals surface area contributed by atoms with Crippen molar-refractivity contribution >= 4 is 17.6 Å². The van der Waals surface area contributed by atoms with E-state index in [1.54, 1.807) is 0 Å². The Balaban J connectivity index is 1.98. The second-order valence-electron chi connectivity index (χ2n) is 10.9. The van der Waals surface area contributed by atoms with Crippen molar-refractivity contribution in [2.24, 2.45) is 5.73 Å². The number of fused-ring (bicyclic) bond motifs is 1. The maximum Gasteiger partial charge on any atom is 0.416 e. The van der Waals surface area contributed by atoms with Gasteiger partial charge in [-0.05, 0) is 64.8 Å². The minimum Gasteiger partial charge on any atom is -0.478 e. The molecule has 1 atom stereocenters. The zero-order valence-electron chi connectivity index (χ0n) is 21.9. The number of nitrogens with two attached hydrogens (primary N) is 1. The Hall–Kier alpha value is -3.88. The summed E-state index contributed by atoms with van der Waals surface area (Å²) in [6, 6.07) is 14.2. The molecule has 1 heterocycles. The van der Waals surface area contributed by atoms with Crippen LogP contribution in [0, 0.1) is 5.82 Å². The third-order valence-corrected chi connectivity index (χ3v) is 7.31. The molecule has 5 nitrogen and oxygen atoms in total. The van der Waals surface area contributed by atoms with Crippen LogP contribution < -0.4 is 10.6 Å². The van der Waals surface area contributed by atoms with Crippen LogP contribution >= 0.6 is 0 Å². The van der Waals surface area contributed by atoms with E-state index in [1.807, 2.05) is 24.3 Å². The second kappa shape index (κ2) is 10.0. The van der Waals surface area contributed by atoms with Crippen molar-refractivity contribution < 1.29 is 32.3 Å². The van der Waals surface area contributed by atoms with Crippen molar-refractivity contribution in [1.29, 1.82) is 0 Å². The fourth-order valence-corrected chi connectivity index (χ4v) is 5.31. The number of amides is 1. The lowest BCUT2D eigenvalue weighted by molar-refractivity contribution is -0.137. The number of rotatable bonds is 6. The number of anilines is 1. The molecule has 206 valence electrons. The number of primary amides is 1. The van der Waals surface area contributed by atoms with Gasteiger partial charge in [0.2, 0.25) is 5.91 Å². The van der Waals surface area contributed by atoms with Crippen molar-refractivity contribution in [3.8, 4) is 0 Å². The molecule has 0 spiro atoms. The average molecular weight is 543 g/mol. The van der Waals surface area contributed by atoms with Gasteiger partial charge in [0.15, 0.2) is 0 Å². The summed E-state index contributed by atoms with van der Waals surface area (Å²) < 4.78 is 54.9. The number of halogens is 4. The number of carboxylic acids is 1. The molecule has 0 radical (unpaired) electrons. The Morgan fingerprint density at radius 2 is 1.51 bits per heavy atom. The minimum atomic E-state index is -4.76. The van der Waals surface area contributed by atoms with Crippen LogP contribution in [-0.4, -0.2) is 23.5 Å². The van der Waals surface area contributed by atoms with Crippen molar-refractivity contribution in [3.05, 3.63) is 99.9 Å². The number of benzene rings is 3. The van der Waals surface area contributed by atoms with Crippen molar-refractivity contribution in [2.75, 3.05) is 11.4 Å². The van der Waals surface area contributed by atoms with Gasteiger partial charge in [0, 0.05) is 13.0 Å². The summed E-state index contributed by atoms with van der Waals surface area (Å²) in [5.41, 5.74) is 4.82. The standard InChI is InChI=1S/C30H30F4N2O3/c1-28(2,3)20-8-6-18(7-9-20)17-29(27(35)39,21-10-12-23(31)13-11-21)36-14-4-5-19-15-22(30(32,33)34)16-24(25(19)36)26(37)38/h6-13,15-16H,4-5,14,17H2,1-3H3,(H2,35,39)(H,37,38). The summed E-state index contributed by atoms with van der Waals surface area (Å²) >= 11 is 0. The van der Waals surface area contributed by atoms with Gasteiger partial charge in [0.05, 0.1) is 16.8 Å². The van der Waals surface area contributed by atoms with Gasteiger partial charge in [-0.15, -0.1) is 0 Å². The van der Waals surface area contributed by atoms with Crippen molar-refractivity contribution in [1.82, 2.24) is 0 Å². The Morgan fingerprint density at radius 3 is 2.03 bits per heavy atom. The zero-order chi connectivity index (χ0) is 28.8. The molecule has 0 fully saturated rings. The Bertz CT molecular complexity index is 1390. The lowest BCUT2D eigenvalue weighted by Gasteiger charge is -2.47. The SMILES string of the molecule is CC(C)(C)c1ccc(CC(C(N)=O)(c2ccc(F)cc2)N2CCCc3cc(C(F)(F)F)cc(C(=O)O)c32)cc1. The quantitative estimate of drug-likeness (QED) is 0.363. The van der Waals surface area contributed by atoms with Crippen molar-refractivity contribution in [2.45, 2.75) is 57.2 Å². The molecule has 1 aliphatic rings. The number of alkyl halides is 3. The molecule has 1 aliphatic heterocycles. The highest BCUT2D eigenvalue weighted by Gasteiger charge is 2.48. The van der Waals surface area contributed by atoms with Gasteiger partial charge in [-0.2, -0.15) is 13.2 Å². The van der Waals surface area contributed by atoms with E-state index in [0.717, 1.165) is 11.6 Å². The Morgan fingerprint density at radius 1 is 0.923 bits per heavy atom. The lowest BCUT2D eigenvalue weighted by atomic mass is 9.78. The van der Waals surface area contributed by atoms with E-state index in [1.165, 1.54) is 29.2 Å². The molecule has 0 aromatic heterocycles. The Labute approximate surface area is 224 Å². The predicted octanol–water partition coefficient (Wildman–Crippen LogP) is 6.22. The van der Waals surface area contributed by atoms with E-state index in [2.05, 4.69) is 20.8 Å². The van der Waals surface area contributed by atoms with Crippen molar-refractivity contribution in [3.63, 3.8) is 0 Å². The summed E-state index contributed by atoms with van der Waals surface area (Å²) in [5, 5.41) is 10.00. The summed E-state index contributed by atoms with van der Waals surface area (Å²) in [6.45, 7) is 6.32. The van der Waals surface area contributed by atoms with Crippen LogP contribution in [0.4, 0.5) is 23.2 Å². The Kier molecular flexibility index (Phi) is 7.23. The van der Waals surface area contributed by atoms with E-state index in [-0.39, 0.29) is 36.1 Å². The molecule has 3 N–H and O–H groups in total. The normalized spacial score (nSPS) is 15.4. The van der Waals surface area contributed by atoms with Crippen LogP contribution in [-0.2, 0) is 34.8 Å². The molecule has 0 aliphatic carbocycles. The number of hydrogen-bond donors (Lipinski definition) is 2. The van der Waals surface area contributed by atoms with Crippen LogP contribution in [0.1, 0.15) is 65.4 Å². The molecule has 4 rings (SSSR count). The molecular weight excluding hydrogens is 512 g/mol. The average Bonchev–Trinajstić information content (AvgIpc) is 2.86. The maximum atomic E-state index is 14.0. The molecule has 1 unspecified atom stereocenters. The molecule has 0 bridgehead atoms. The number of hydrogen-bond acceptors (Lipinski definition) is 3. The van der Waals surface area contributed by atoms with Crippen LogP contribution in [0.25, 0.3) is 0 Å². The monoisotopic (exact) mass is 542 g/mol. The third kappa shape index (κ3) is 5.35. The van der Waals surface area contributed by atoms with Gasteiger partial charge in [0.1, 0.15) is 11.4 Å². The number of aryl methyl sites for hydroxylation is 1. The van der Waals surface area contributed by atoms with Gasteiger partial charge >= 0.3 is 12.1 Å². The van der Waals surface area contributed by atoms with Gasteiger partial charge < -0.3 is 15.7 Å². The number of carbonyl (C=O) groups excluding carboxylic acids is 1.